The number of aromatic amines is 1. The third kappa shape index (κ3) is 2.29. The first-order chi connectivity index (χ1) is 8.31. The molecule has 3 N–H and O–H groups in total. The summed E-state index contributed by atoms with van der Waals surface area (Å²) >= 11 is 1.61. The van der Waals surface area contributed by atoms with Crippen molar-refractivity contribution in [1.82, 2.24) is 15.2 Å². The van der Waals surface area contributed by atoms with Gasteiger partial charge in [-0.3, -0.25) is 0 Å². The lowest BCUT2D eigenvalue weighted by Gasteiger charge is -2.03. The number of benzene rings is 1. The first-order valence-corrected chi connectivity index (χ1v) is 6.71. The fourth-order valence-corrected chi connectivity index (χ4v) is 2.93. The molecule has 17 heavy (non-hydrogen) atoms. The van der Waals surface area contributed by atoms with Crippen molar-refractivity contribution in [1.29, 1.82) is 0 Å². The summed E-state index contributed by atoms with van der Waals surface area (Å²) in [5.41, 5.74) is 9.84. The van der Waals surface area contributed by atoms with E-state index in [1.807, 2.05) is 0 Å². The lowest BCUT2D eigenvalue weighted by Crippen LogP contribution is -1.87. The van der Waals surface area contributed by atoms with Gasteiger partial charge in [0, 0.05) is 5.75 Å². The van der Waals surface area contributed by atoms with Gasteiger partial charge in [-0.2, -0.15) is 4.98 Å². The van der Waals surface area contributed by atoms with Crippen molar-refractivity contribution >= 4 is 17.7 Å². The summed E-state index contributed by atoms with van der Waals surface area (Å²) in [6.07, 6.45) is 3.75. The zero-order chi connectivity index (χ0) is 11.7. The summed E-state index contributed by atoms with van der Waals surface area (Å²) in [7, 11) is 0. The van der Waals surface area contributed by atoms with E-state index in [-0.39, 0.29) is 0 Å². The fourth-order valence-electron chi connectivity index (χ4n) is 2.19. The van der Waals surface area contributed by atoms with E-state index in [0.29, 0.717) is 11.1 Å². The van der Waals surface area contributed by atoms with Crippen LogP contribution in [0.4, 0.5) is 5.95 Å². The summed E-state index contributed by atoms with van der Waals surface area (Å²) in [4.78, 5) is 4.07. The van der Waals surface area contributed by atoms with Gasteiger partial charge in [-0.15, -0.1) is 5.10 Å². The quantitative estimate of drug-likeness (QED) is 0.814. The Hall–Kier alpha value is -1.49. The van der Waals surface area contributed by atoms with Gasteiger partial charge in [-0.05, 0) is 36.0 Å². The molecule has 0 spiro atoms. The highest BCUT2D eigenvalue weighted by Crippen LogP contribution is 2.26. The van der Waals surface area contributed by atoms with E-state index in [1.54, 1.807) is 11.8 Å². The molecule has 0 radical (unpaired) electrons. The number of aromatic nitrogens is 3. The second-order valence-electron chi connectivity index (χ2n) is 4.25. The standard InChI is InChI=1S/C12H14N4S/c13-11-14-12(16-15-11)17-7-8-4-5-9-2-1-3-10(9)6-8/h4-6H,1-3,7H2,(H3,13,14,15,16). The summed E-state index contributed by atoms with van der Waals surface area (Å²) in [5, 5.41) is 7.36. The molecule has 0 unspecified atom stereocenters. The van der Waals surface area contributed by atoms with Gasteiger partial charge >= 0.3 is 0 Å². The molecule has 2 aromatic rings. The molecular weight excluding hydrogens is 232 g/mol. The first kappa shape index (κ1) is 10.7. The second kappa shape index (κ2) is 4.41. The minimum absolute atomic E-state index is 0.376. The number of hydrogen-bond donors (Lipinski definition) is 2. The molecule has 3 rings (SSSR count). The number of nitrogen functional groups attached to an aromatic ring is 1. The molecule has 88 valence electrons. The van der Waals surface area contributed by atoms with Crippen molar-refractivity contribution in [2.24, 2.45) is 0 Å². The van der Waals surface area contributed by atoms with Crippen molar-refractivity contribution in [3.8, 4) is 0 Å². The van der Waals surface area contributed by atoms with E-state index in [4.69, 9.17) is 5.73 Å². The van der Waals surface area contributed by atoms with E-state index in [2.05, 4.69) is 33.4 Å². The summed E-state index contributed by atoms with van der Waals surface area (Å²) < 4.78 is 0. The topological polar surface area (TPSA) is 67.6 Å². The van der Waals surface area contributed by atoms with Gasteiger partial charge in [0.15, 0.2) is 0 Å². The number of nitrogens with one attached hydrogen (secondary N) is 1. The Kier molecular flexibility index (Phi) is 2.76. The SMILES string of the molecule is Nc1nc(SCc2ccc3c(c2)CCC3)n[nH]1. The molecule has 0 saturated heterocycles. The second-order valence-corrected chi connectivity index (χ2v) is 5.19. The Bertz CT molecular complexity index is 535. The molecule has 0 aliphatic heterocycles. The minimum Gasteiger partial charge on any atom is -0.368 e. The molecule has 0 bridgehead atoms. The Labute approximate surface area is 104 Å². The van der Waals surface area contributed by atoms with Gasteiger partial charge in [0.1, 0.15) is 0 Å². The van der Waals surface area contributed by atoms with E-state index in [9.17, 15) is 0 Å². The molecule has 4 nitrogen and oxygen atoms in total. The fraction of sp³-hybridized carbons (Fsp3) is 0.333. The van der Waals surface area contributed by atoms with Gasteiger partial charge in [0.2, 0.25) is 11.1 Å². The van der Waals surface area contributed by atoms with Crippen LogP contribution in [-0.4, -0.2) is 15.2 Å². The van der Waals surface area contributed by atoms with Crippen LogP contribution in [-0.2, 0) is 18.6 Å². The Morgan fingerprint density at radius 2 is 2.18 bits per heavy atom. The maximum Gasteiger partial charge on any atom is 0.216 e. The average Bonchev–Trinajstić information content (AvgIpc) is 2.94. The maximum atomic E-state index is 5.48. The number of fused-ring (bicyclic) bond motifs is 1. The number of nitrogens with two attached hydrogens (primary N) is 1. The van der Waals surface area contributed by atoms with Gasteiger partial charge in [0.25, 0.3) is 0 Å². The van der Waals surface area contributed by atoms with Crippen molar-refractivity contribution in [2.75, 3.05) is 5.73 Å². The Morgan fingerprint density at radius 1 is 1.29 bits per heavy atom. The number of nitrogens with zero attached hydrogens (tertiary/aromatic N) is 2. The van der Waals surface area contributed by atoms with Crippen LogP contribution >= 0.6 is 11.8 Å². The largest absolute Gasteiger partial charge is 0.368 e. The van der Waals surface area contributed by atoms with Crippen molar-refractivity contribution < 1.29 is 0 Å². The van der Waals surface area contributed by atoms with Crippen molar-refractivity contribution in [3.63, 3.8) is 0 Å². The molecule has 1 aliphatic rings. The highest BCUT2D eigenvalue weighted by atomic mass is 32.2. The summed E-state index contributed by atoms with van der Waals surface area (Å²) in [6, 6.07) is 6.77. The van der Waals surface area contributed by atoms with Crippen LogP contribution in [0.2, 0.25) is 0 Å². The number of anilines is 1. The van der Waals surface area contributed by atoms with Crippen LogP contribution in [0.25, 0.3) is 0 Å². The number of H-pyrrole nitrogens is 1. The highest BCUT2D eigenvalue weighted by Gasteiger charge is 2.11. The van der Waals surface area contributed by atoms with Gasteiger partial charge < -0.3 is 5.73 Å². The molecule has 0 fully saturated rings. The smallest absolute Gasteiger partial charge is 0.216 e. The predicted molar refractivity (Wildman–Crippen MR) is 68.8 cm³/mol. The highest BCUT2D eigenvalue weighted by molar-refractivity contribution is 7.98. The lowest BCUT2D eigenvalue weighted by molar-refractivity contribution is 0.911. The zero-order valence-corrected chi connectivity index (χ0v) is 10.3. The van der Waals surface area contributed by atoms with Crippen LogP contribution in [0.5, 0.6) is 0 Å². The van der Waals surface area contributed by atoms with Crippen LogP contribution < -0.4 is 5.73 Å². The zero-order valence-electron chi connectivity index (χ0n) is 9.44. The van der Waals surface area contributed by atoms with E-state index in [0.717, 1.165) is 5.75 Å². The van der Waals surface area contributed by atoms with Crippen LogP contribution in [0.15, 0.2) is 23.4 Å². The molecule has 0 atom stereocenters. The molecule has 1 aromatic heterocycles. The molecule has 0 saturated carbocycles. The number of rotatable bonds is 3. The molecule has 1 heterocycles. The molecule has 1 aliphatic carbocycles. The molecule has 0 amide bonds. The van der Waals surface area contributed by atoms with E-state index in [1.165, 1.54) is 36.0 Å². The van der Waals surface area contributed by atoms with Gasteiger partial charge in [0.05, 0.1) is 0 Å². The molecule has 1 aromatic carbocycles. The molecular formula is C12H14N4S. The first-order valence-electron chi connectivity index (χ1n) is 5.72. The number of aryl methyl sites for hydroxylation is 2. The number of hydrogen-bond acceptors (Lipinski definition) is 4. The third-order valence-corrected chi connectivity index (χ3v) is 3.93. The van der Waals surface area contributed by atoms with Crippen molar-refractivity contribution in [2.45, 2.75) is 30.2 Å². The lowest BCUT2D eigenvalue weighted by atomic mass is 10.1. The predicted octanol–water partition coefficient (Wildman–Crippen LogP) is 2.17. The monoisotopic (exact) mass is 246 g/mol. The van der Waals surface area contributed by atoms with Gasteiger partial charge in [-0.25, -0.2) is 5.10 Å². The van der Waals surface area contributed by atoms with Gasteiger partial charge in [-0.1, -0.05) is 30.0 Å². The normalized spacial score (nSPS) is 13.9. The Balaban J connectivity index is 1.69. The van der Waals surface area contributed by atoms with Crippen molar-refractivity contribution in [3.05, 3.63) is 34.9 Å². The van der Waals surface area contributed by atoms with Crippen LogP contribution in [0.1, 0.15) is 23.1 Å². The van der Waals surface area contributed by atoms with Crippen LogP contribution in [0.3, 0.4) is 0 Å². The summed E-state index contributed by atoms with van der Waals surface area (Å²) in [5.74, 6) is 1.27. The van der Waals surface area contributed by atoms with Crippen LogP contribution in [0, 0.1) is 0 Å². The maximum absolute atomic E-state index is 5.48. The third-order valence-electron chi connectivity index (χ3n) is 3.01. The summed E-state index contributed by atoms with van der Waals surface area (Å²) in [6.45, 7) is 0. The Morgan fingerprint density at radius 3 is 3.00 bits per heavy atom. The minimum atomic E-state index is 0.376. The molecule has 5 heteroatoms. The van der Waals surface area contributed by atoms with E-state index < -0.39 is 0 Å². The van der Waals surface area contributed by atoms with E-state index >= 15 is 0 Å². The average molecular weight is 246 g/mol. The number of thioether (sulfide) groups is 1.